The Labute approximate surface area is 117 Å². The molecule has 0 aliphatic carbocycles. The van der Waals surface area contributed by atoms with Crippen LogP contribution in [0, 0.1) is 0 Å². The summed E-state index contributed by atoms with van der Waals surface area (Å²) in [7, 11) is 0. The molecular formula is C15H17NO2S. The summed E-state index contributed by atoms with van der Waals surface area (Å²) in [6, 6.07) is 9.99. The van der Waals surface area contributed by atoms with E-state index in [2.05, 4.69) is 0 Å². The van der Waals surface area contributed by atoms with Crippen molar-refractivity contribution in [1.29, 1.82) is 0 Å². The average molecular weight is 275 g/mol. The number of ether oxygens (including phenoxy) is 1. The summed E-state index contributed by atoms with van der Waals surface area (Å²) in [6.45, 7) is 4.18. The molecule has 1 aromatic heterocycles. The predicted molar refractivity (Wildman–Crippen MR) is 79.5 cm³/mol. The number of carbonyl (C=O) groups is 1. The van der Waals surface area contributed by atoms with E-state index in [1.54, 1.807) is 6.92 Å². The van der Waals surface area contributed by atoms with Gasteiger partial charge in [0, 0.05) is 4.88 Å². The molecule has 0 saturated carbocycles. The van der Waals surface area contributed by atoms with Gasteiger partial charge in [0.1, 0.15) is 5.00 Å². The van der Waals surface area contributed by atoms with Crippen LogP contribution in [0.1, 0.15) is 29.8 Å². The highest BCUT2D eigenvalue weighted by atomic mass is 32.1. The molecule has 0 saturated heterocycles. The minimum absolute atomic E-state index is 0.324. The predicted octanol–water partition coefficient (Wildman–Crippen LogP) is 3.74. The van der Waals surface area contributed by atoms with E-state index in [-0.39, 0.29) is 5.97 Å². The van der Waals surface area contributed by atoms with Gasteiger partial charge in [0.15, 0.2) is 0 Å². The summed E-state index contributed by atoms with van der Waals surface area (Å²) in [5, 5.41) is 0.536. The van der Waals surface area contributed by atoms with Crippen molar-refractivity contribution in [1.82, 2.24) is 0 Å². The van der Waals surface area contributed by atoms with Crippen molar-refractivity contribution in [2.45, 2.75) is 20.3 Å². The fraction of sp³-hybridized carbons (Fsp3) is 0.267. The molecule has 1 heterocycles. The van der Waals surface area contributed by atoms with Crippen molar-refractivity contribution in [3.8, 4) is 10.4 Å². The molecule has 0 amide bonds. The second kappa shape index (κ2) is 5.89. The third kappa shape index (κ3) is 2.63. The highest BCUT2D eigenvalue weighted by Gasteiger charge is 2.22. The molecule has 19 heavy (non-hydrogen) atoms. The maximum atomic E-state index is 12.0. The zero-order valence-corrected chi connectivity index (χ0v) is 11.9. The molecule has 0 atom stereocenters. The van der Waals surface area contributed by atoms with Gasteiger partial charge in [0.25, 0.3) is 0 Å². The number of nitrogens with two attached hydrogens (primary N) is 1. The third-order valence-corrected chi connectivity index (χ3v) is 4.01. The van der Waals surface area contributed by atoms with E-state index >= 15 is 0 Å². The largest absolute Gasteiger partial charge is 0.462 e. The quantitative estimate of drug-likeness (QED) is 0.865. The molecule has 0 aliphatic rings. The number of nitrogen functional groups attached to an aromatic ring is 1. The van der Waals surface area contributed by atoms with Crippen LogP contribution in [0.2, 0.25) is 0 Å². The number of carbonyl (C=O) groups excluding carboxylic acids is 1. The van der Waals surface area contributed by atoms with Gasteiger partial charge >= 0.3 is 5.97 Å². The lowest BCUT2D eigenvalue weighted by atomic mass is 10.0. The van der Waals surface area contributed by atoms with Crippen molar-refractivity contribution in [2.75, 3.05) is 12.3 Å². The lowest BCUT2D eigenvalue weighted by Crippen LogP contribution is -2.08. The van der Waals surface area contributed by atoms with E-state index in [4.69, 9.17) is 10.5 Å². The van der Waals surface area contributed by atoms with Crippen LogP contribution in [0.25, 0.3) is 10.4 Å². The van der Waals surface area contributed by atoms with Gasteiger partial charge in [-0.2, -0.15) is 0 Å². The Bertz CT molecular complexity index is 575. The SMILES string of the molecule is CCOC(=O)c1c(N)sc(-c2ccccc2)c1CC. The first kappa shape index (κ1) is 13.6. The Balaban J connectivity index is 2.53. The summed E-state index contributed by atoms with van der Waals surface area (Å²) in [4.78, 5) is 13.1. The van der Waals surface area contributed by atoms with Gasteiger partial charge in [0.05, 0.1) is 12.2 Å². The van der Waals surface area contributed by atoms with Crippen molar-refractivity contribution in [3.63, 3.8) is 0 Å². The zero-order valence-electron chi connectivity index (χ0n) is 11.1. The number of thiophene rings is 1. The van der Waals surface area contributed by atoms with Gasteiger partial charge < -0.3 is 10.5 Å². The van der Waals surface area contributed by atoms with Crippen LogP contribution in [0.4, 0.5) is 5.00 Å². The Kier molecular flexibility index (Phi) is 4.22. The number of anilines is 1. The van der Waals surface area contributed by atoms with E-state index in [1.165, 1.54) is 11.3 Å². The van der Waals surface area contributed by atoms with E-state index in [0.717, 1.165) is 22.4 Å². The molecule has 3 nitrogen and oxygen atoms in total. The normalized spacial score (nSPS) is 10.4. The third-order valence-electron chi connectivity index (χ3n) is 2.90. The molecule has 0 spiro atoms. The molecule has 100 valence electrons. The molecule has 2 rings (SSSR count). The minimum atomic E-state index is -0.324. The summed E-state index contributed by atoms with van der Waals surface area (Å²) in [5.74, 6) is -0.324. The van der Waals surface area contributed by atoms with Crippen molar-refractivity contribution in [3.05, 3.63) is 41.5 Å². The van der Waals surface area contributed by atoms with Gasteiger partial charge in [-0.3, -0.25) is 0 Å². The van der Waals surface area contributed by atoms with Crippen molar-refractivity contribution >= 4 is 22.3 Å². The number of hydrogen-bond acceptors (Lipinski definition) is 4. The molecule has 0 aliphatic heterocycles. The zero-order chi connectivity index (χ0) is 13.8. The molecule has 1 aromatic carbocycles. The van der Waals surface area contributed by atoms with E-state index in [0.29, 0.717) is 17.2 Å². The minimum Gasteiger partial charge on any atom is -0.462 e. The second-order valence-corrected chi connectivity index (χ2v) is 5.14. The monoisotopic (exact) mass is 275 g/mol. The van der Waals surface area contributed by atoms with Gasteiger partial charge in [-0.05, 0) is 24.5 Å². The lowest BCUT2D eigenvalue weighted by molar-refractivity contribution is 0.0527. The van der Waals surface area contributed by atoms with Gasteiger partial charge in [0.2, 0.25) is 0 Å². The lowest BCUT2D eigenvalue weighted by Gasteiger charge is -2.05. The molecular weight excluding hydrogens is 258 g/mol. The van der Waals surface area contributed by atoms with E-state index in [1.807, 2.05) is 37.3 Å². The Morgan fingerprint density at radius 1 is 1.26 bits per heavy atom. The van der Waals surface area contributed by atoms with Crippen molar-refractivity contribution in [2.24, 2.45) is 0 Å². The van der Waals surface area contributed by atoms with Crippen molar-refractivity contribution < 1.29 is 9.53 Å². The molecule has 0 bridgehead atoms. The van der Waals surface area contributed by atoms with Crippen LogP contribution in [-0.4, -0.2) is 12.6 Å². The Morgan fingerprint density at radius 3 is 2.53 bits per heavy atom. The van der Waals surface area contributed by atoms with Crippen LogP contribution in [0.15, 0.2) is 30.3 Å². The van der Waals surface area contributed by atoms with Gasteiger partial charge in [-0.1, -0.05) is 37.3 Å². The number of rotatable bonds is 4. The topological polar surface area (TPSA) is 52.3 Å². The molecule has 0 unspecified atom stereocenters. The Morgan fingerprint density at radius 2 is 1.95 bits per heavy atom. The summed E-state index contributed by atoms with van der Waals surface area (Å²) < 4.78 is 5.09. The summed E-state index contributed by atoms with van der Waals surface area (Å²) in [6.07, 6.45) is 0.756. The van der Waals surface area contributed by atoms with Crippen LogP contribution in [0.5, 0.6) is 0 Å². The highest BCUT2D eigenvalue weighted by molar-refractivity contribution is 7.19. The maximum absolute atomic E-state index is 12.0. The molecule has 0 radical (unpaired) electrons. The average Bonchev–Trinajstić information content (AvgIpc) is 2.76. The second-order valence-electron chi connectivity index (χ2n) is 4.09. The molecule has 0 fully saturated rings. The molecule has 2 N–H and O–H groups in total. The Hall–Kier alpha value is -1.81. The highest BCUT2D eigenvalue weighted by Crippen LogP contribution is 2.39. The standard InChI is InChI=1S/C15H17NO2S/c1-3-11-12(15(17)18-4-2)14(16)19-13(11)10-8-6-5-7-9-10/h5-9H,3-4,16H2,1-2H3. The summed E-state index contributed by atoms with van der Waals surface area (Å²) in [5.41, 5.74) is 8.61. The van der Waals surface area contributed by atoms with Crippen LogP contribution >= 0.6 is 11.3 Å². The first-order valence-electron chi connectivity index (χ1n) is 6.32. The first-order valence-corrected chi connectivity index (χ1v) is 7.14. The fourth-order valence-electron chi connectivity index (χ4n) is 2.07. The van der Waals surface area contributed by atoms with Gasteiger partial charge in [-0.25, -0.2) is 4.79 Å². The van der Waals surface area contributed by atoms with Crippen LogP contribution in [-0.2, 0) is 11.2 Å². The van der Waals surface area contributed by atoms with Crippen LogP contribution in [0.3, 0.4) is 0 Å². The van der Waals surface area contributed by atoms with Gasteiger partial charge in [-0.15, -0.1) is 11.3 Å². The van der Waals surface area contributed by atoms with E-state index in [9.17, 15) is 4.79 Å². The fourth-order valence-corrected chi connectivity index (χ4v) is 3.22. The number of benzene rings is 1. The summed E-state index contributed by atoms with van der Waals surface area (Å²) >= 11 is 1.45. The maximum Gasteiger partial charge on any atom is 0.341 e. The number of esters is 1. The first-order chi connectivity index (χ1) is 9.19. The smallest absolute Gasteiger partial charge is 0.341 e. The molecule has 2 aromatic rings. The van der Waals surface area contributed by atoms with E-state index < -0.39 is 0 Å². The van der Waals surface area contributed by atoms with Crippen LogP contribution < -0.4 is 5.73 Å². The number of hydrogen-bond donors (Lipinski definition) is 1. The molecule has 4 heteroatoms.